The third-order valence-corrected chi connectivity index (χ3v) is 6.60. The minimum Gasteiger partial charge on any atom is -0.497 e. The third kappa shape index (κ3) is 6.55. The number of anilines is 1. The largest absolute Gasteiger partial charge is 0.497 e. The highest BCUT2D eigenvalue weighted by atomic mass is 19.4. The van der Waals surface area contributed by atoms with Crippen LogP contribution in [0.15, 0.2) is 42.5 Å². The van der Waals surface area contributed by atoms with Crippen molar-refractivity contribution in [3.05, 3.63) is 76.6 Å². The van der Waals surface area contributed by atoms with E-state index in [4.69, 9.17) is 4.74 Å². The van der Waals surface area contributed by atoms with Crippen LogP contribution in [-0.4, -0.2) is 41.8 Å². The second-order valence-electron chi connectivity index (χ2n) is 9.33. The molecular weight excluding hydrogens is 523 g/mol. The summed E-state index contributed by atoms with van der Waals surface area (Å²) in [6.07, 6.45) is -3.11. The fourth-order valence-corrected chi connectivity index (χ4v) is 4.74. The van der Waals surface area contributed by atoms with Gasteiger partial charge in [-0.2, -0.15) is 18.3 Å². The molecular formula is C27H27F5N4O3. The van der Waals surface area contributed by atoms with Crippen LogP contribution in [0, 0.1) is 11.6 Å². The molecule has 0 aliphatic heterocycles. The summed E-state index contributed by atoms with van der Waals surface area (Å²) < 4.78 is 74.5. The van der Waals surface area contributed by atoms with E-state index >= 15 is 0 Å². The SMILES string of the molecule is COc1ccc(N(C)C(=O)C(Cc2cc(F)cc(F)c2)NC(=O)Cn2nc(C(F)(F)F)c3c2CCCC3)cc1. The quantitative estimate of drug-likeness (QED) is 0.421. The number of aromatic nitrogens is 2. The number of ether oxygens (including phenoxy) is 1. The molecule has 3 aromatic rings. The molecule has 1 unspecified atom stereocenters. The van der Waals surface area contributed by atoms with Gasteiger partial charge in [-0.15, -0.1) is 0 Å². The molecule has 0 saturated heterocycles. The molecule has 1 aliphatic rings. The van der Waals surface area contributed by atoms with E-state index in [2.05, 4.69) is 10.4 Å². The topological polar surface area (TPSA) is 76.5 Å². The molecule has 0 spiro atoms. The monoisotopic (exact) mass is 550 g/mol. The number of hydrogen-bond donors (Lipinski definition) is 1. The second-order valence-corrected chi connectivity index (χ2v) is 9.33. The summed E-state index contributed by atoms with van der Waals surface area (Å²) in [5, 5.41) is 6.22. The number of nitrogens with zero attached hydrogens (tertiary/aromatic N) is 3. The molecule has 2 amide bonds. The van der Waals surface area contributed by atoms with Crippen LogP contribution >= 0.6 is 0 Å². The predicted octanol–water partition coefficient (Wildman–Crippen LogP) is 4.46. The summed E-state index contributed by atoms with van der Waals surface area (Å²) in [5.74, 6) is -2.52. The van der Waals surface area contributed by atoms with Crippen molar-refractivity contribution in [2.75, 3.05) is 19.1 Å². The number of carbonyl (C=O) groups excluding carboxylic acids is 2. The van der Waals surface area contributed by atoms with Crippen LogP contribution in [0.4, 0.5) is 27.6 Å². The zero-order valence-corrected chi connectivity index (χ0v) is 21.3. The maximum Gasteiger partial charge on any atom is 0.435 e. The molecule has 0 radical (unpaired) electrons. The number of amides is 2. The standard InChI is InChI=1S/C27H27F5N4O3/c1-35(19-7-9-20(39-2)10-8-19)26(38)22(13-16-11-17(28)14-18(29)12-16)33-24(37)15-36-23-6-4-3-5-21(23)25(34-36)27(30,31)32/h7-12,14,22H,3-6,13,15H2,1-2H3,(H,33,37). The summed E-state index contributed by atoms with van der Waals surface area (Å²) in [6.45, 7) is -0.550. The Morgan fingerprint density at radius 2 is 1.72 bits per heavy atom. The van der Waals surface area contributed by atoms with Gasteiger partial charge in [-0.3, -0.25) is 14.3 Å². The van der Waals surface area contributed by atoms with E-state index in [-0.39, 0.29) is 24.0 Å². The van der Waals surface area contributed by atoms with Gasteiger partial charge in [0.2, 0.25) is 11.8 Å². The molecule has 0 bridgehead atoms. The Morgan fingerprint density at radius 1 is 1.08 bits per heavy atom. The van der Waals surface area contributed by atoms with Crippen LogP contribution < -0.4 is 15.0 Å². The number of halogens is 5. The van der Waals surface area contributed by atoms with Crippen LogP contribution in [0.5, 0.6) is 5.75 Å². The van der Waals surface area contributed by atoms with Crippen LogP contribution in [0.1, 0.15) is 35.4 Å². The number of hydrogen-bond acceptors (Lipinski definition) is 4. The minimum atomic E-state index is -4.66. The molecule has 4 rings (SSSR count). The van der Waals surface area contributed by atoms with Crippen molar-refractivity contribution < 1.29 is 36.3 Å². The normalized spacial score (nSPS) is 13.9. The number of nitrogens with one attached hydrogen (secondary N) is 1. The number of methoxy groups -OCH3 is 1. The number of carbonyl (C=O) groups is 2. The molecule has 12 heteroatoms. The van der Waals surface area contributed by atoms with Gasteiger partial charge in [0.25, 0.3) is 0 Å². The average Bonchev–Trinajstić information content (AvgIpc) is 3.26. The van der Waals surface area contributed by atoms with E-state index in [9.17, 15) is 31.5 Å². The Labute approximate surface area is 221 Å². The van der Waals surface area contributed by atoms with Crippen molar-refractivity contribution in [1.82, 2.24) is 15.1 Å². The molecule has 1 aromatic heterocycles. The Balaban J connectivity index is 1.59. The summed E-state index contributed by atoms with van der Waals surface area (Å²) in [4.78, 5) is 27.8. The van der Waals surface area contributed by atoms with Gasteiger partial charge in [0.15, 0.2) is 5.69 Å². The van der Waals surface area contributed by atoms with Crippen molar-refractivity contribution in [1.29, 1.82) is 0 Å². The smallest absolute Gasteiger partial charge is 0.435 e. The zero-order chi connectivity index (χ0) is 28.3. The first-order chi connectivity index (χ1) is 18.5. The molecule has 1 N–H and O–H groups in total. The van der Waals surface area contributed by atoms with Crippen LogP contribution in [-0.2, 0) is 41.6 Å². The Morgan fingerprint density at radius 3 is 2.33 bits per heavy atom. The van der Waals surface area contributed by atoms with E-state index in [1.807, 2.05) is 0 Å². The predicted molar refractivity (Wildman–Crippen MR) is 132 cm³/mol. The number of likely N-dealkylation sites (N-methyl/N-ethyl adjacent to an activating group) is 1. The Hall–Kier alpha value is -3.96. The van der Waals surface area contributed by atoms with Crippen molar-refractivity contribution in [2.45, 2.75) is 50.9 Å². The summed E-state index contributed by atoms with van der Waals surface area (Å²) in [7, 11) is 2.96. The highest BCUT2D eigenvalue weighted by Crippen LogP contribution is 2.35. The minimum absolute atomic E-state index is 0.0867. The lowest BCUT2D eigenvalue weighted by atomic mass is 9.95. The fourth-order valence-electron chi connectivity index (χ4n) is 4.74. The van der Waals surface area contributed by atoms with Crippen molar-refractivity contribution >= 4 is 17.5 Å². The van der Waals surface area contributed by atoms with Gasteiger partial charge >= 0.3 is 6.18 Å². The number of alkyl halides is 3. The van der Waals surface area contributed by atoms with Gasteiger partial charge in [0.1, 0.15) is 30.0 Å². The molecule has 0 fully saturated rings. The van der Waals surface area contributed by atoms with Crippen molar-refractivity contribution in [3.8, 4) is 5.75 Å². The average molecular weight is 551 g/mol. The van der Waals surface area contributed by atoms with Gasteiger partial charge in [-0.05, 0) is 67.6 Å². The second kappa shape index (κ2) is 11.4. The van der Waals surface area contributed by atoms with Crippen LogP contribution in [0.2, 0.25) is 0 Å². The summed E-state index contributed by atoms with van der Waals surface area (Å²) >= 11 is 0. The molecule has 1 aliphatic carbocycles. The molecule has 1 atom stereocenters. The molecule has 1 heterocycles. The molecule has 2 aromatic carbocycles. The molecule has 0 saturated carbocycles. The van der Waals surface area contributed by atoms with Gasteiger partial charge in [-0.25, -0.2) is 8.78 Å². The van der Waals surface area contributed by atoms with Crippen LogP contribution in [0.3, 0.4) is 0 Å². The van der Waals surface area contributed by atoms with Crippen molar-refractivity contribution in [2.24, 2.45) is 0 Å². The Bertz CT molecular complexity index is 1330. The van der Waals surface area contributed by atoms with E-state index in [0.29, 0.717) is 42.5 Å². The number of benzene rings is 2. The molecule has 39 heavy (non-hydrogen) atoms. The van der Waals surface area contributed by atoms with Gasteiger partial charge in [0, 0.05) is 36.5 Å². The highest BCUT2D eigenvalue weighted by molar-refractivity contribution is 5.99. The lowest BCUT2D eigenvalue weighted by Crippen LogP contribution is -2.49. The van der Waals surface area contributed by atoms with E-state index < -0.39 is 47.9 Å². The van der Waals surface area contributed by atoms with E-state index in [1.165, 1.54) is 19.1 Å². The lowest BCUT2D eigenvalue weighted by Gasteiger charge is -2.25. The lowest BCUT2D eigenvalue weighted by molar-refractivity contribution is -0.142. The third-order valence-electron chi connectivity index (χ3n) is 6.60. The number of rotatable bonds is 8. The maximum atomic E-state index is 13.8. The van der Waals surface area contributed by atoms with Crippen molar-refractivity contribution in [3.63, 3.8) is 0 Å². The first-order valence-corrected chi connectivity index (χ1v) is 12.3. The molecule has 7 nitrogen and oxygen atoms in total. The van der Waals surface area contributed by atoms with Crippen LogP contribution in [0.25, 0.3) is 0 Å². The highest BCUT2D eigenvalue weighted by Gasteiger charge is 2.39. The first-order valence-electron chi connectivity index (χ1n) is 12.3. The molecule has 208 valence electrons. The van der Waals surface area contributed by atoms with Gasteiger partial charge in [0.05, 0.1) is 7.11 Å². The first kappa shape index (κ1) is 28.1. The summed E-state index contributed by atoms with van der Waals surface area (Å²) in [5.41, 5.74) is -0.00329. The van der Waals surface area contributed by atoms with E-state index in [1.54, 1.807) is 24.3 Å². The Kier molecular flexibility index (Phi) is 8.22. The maximum absolute atomic E-state index is 13.8. The fraction of sp³-hybridized carbons (Fsp3) is 0.370. The summed E-state index contributed by atoms with van der Waals surface area (Å²) in [6, 6.07) is 7.99. The van der Waals surface area contributed by atoms with Gasteiger partial charge in [-0.1, -0.05) is 0 Å². The number of fused-ring (bicyclic) bond motifs is 1. The van der Waals surface area contributed by atoms with Gasteiger partial charge < -0.3 is 15.0 Å². The zero-order valence-electron chi connectivity index (χ0n) is 21.3. The van der Waals surface area contributed by atoms with E-state index in [0.717, 1.165) is 16.8 Å².